The fourth-order valence-electron chi connectivity index (χ4n) is 3.89. The minimum absolute atomic E-state index is 0.0455. The van der Waals surface area contributed by atoms with E-state index in [1.54, 1.807) is 25.1 Å². The van der Waals surface area contributed by atoms with Crippen molar-refractivity contribution in [2.24, 2.45) is 0 Å². The van der Waals surface area contributed by atoms with Crippen molar-refractivity contribution in [3.05, 3.63) is 87.4 Å². The lowest BCUT2D eigenvalue weighted by Gasteiger charge is -2.32. The van der Waals surface area contributed by atoms with Crippen LogP contribution in [0.25, 0.3) is 0 Å². The van der Waals surface area contributed by atoms with Crippen molar-refractivity contribution in [3.63, 3.8) is 0 Å². The molecular formula is C29H32Cl3N3O5S. The average Bonchev–Trinajstić information content (AvgIpc) is 2.95. The van der Waals surface area contributed by atoms with Gasteiger partial charge in [-0.1, -0.05) is 47.8 Å². The Kier molecular flexibility index (Phi) is 11.3. The highest BCUT2D eigenvalue weighted by molar-refractivity contribution is 7.92. The van der Waals surface area contributed by atoms with Crippen molar-refractivity contribution >= 4 is 62.3 Å². The zero-order chi connectivity index (χ0) is 30.3. The van der Waals surface area contributed by atoms with Gasteiger partial charge >= 0.3 is 0 Å². The van der Waals surface area contributed by atoms with E-state index in [0.717, 1.165) is 4.31 Å². The van der Waals surface area contributed by atoms with E-state index in [-0.39, 0.29) is 29.1 Å². The first-order valence-electron chi connectivity index (χ1n) is 12.8. The standard InChI is InChI=1S/C29H32Cl3N3O5S/c1-5-19(2)33-29(37)20(3)34(17-21-6-7-23(31)16-27(21)32)28(36)18-35(24-10-8-22(30)9-11-24)41(38,39)26-14-12-25(40-4)13-15-26/h6-16,19-20H,5,17-18H2,1-4H3,(H,33,37)/t19-,20-/m1/s1. The number of hydrogen-bond acceptors (Lipinski definition) is 5. The predicted octanol–water partition coefficient (Wildman–Crippen LogP) is 6.18. The molecule has 3 aromatic rings. The van der Waals surface area contributed by atoms with E-state index < -0.39 is 28.5 Å². The number of sulfonamides is 1. The Bertz CT molecular complexity index is 1470. The first-order chi connectivity index (χ1) is 19.4. The lowest BCUT2D eigenvalue weighted by atomic mass is 10.1. The quantitative estimate of drug-likeness (QED) is 0.255. The summed E-state index contributed by atoms with van der Waals surface area (Å²) in [5.74, 6) is -0.520. The summed E-state index contributed by atoms with van der Waals surface area (Å²) >= 11 is 18.5. The number of halogens is 3. The Morgan fingerprint density at radius 1 is 0.927 bits per heavy atom. The Morgan fingerprint density at radius 3 is 2.10 bits per heavy atom. The lowest BCUT2D eigenvalue weighted by molar-refractivity contribution is -0.139. The maximum Gasteiger partial charge on any atom is 0.264 e. The molecule has 0 aliphatic rings. The number of methoxy groups -OCH3 is 1. The van der Waals surface area contributed by atoms with Gasteiger partial charge in [0.05, 0.1) is 17.7 Å². The third kappa shape index (κ3) is 8.29. The molecule has 0 aliphatic carbocycles. The predicted molar refractivity (Wildman–Crippen MR) is 163 cm³/mol. The van der Waals surface area contributed by atoms with Crippen LogP contribution in [0.2, 0.25) is 15.1 Å². The van der Waals surface area contributed by atoms with Gasteiger partial charge in [-0.3, -0.25) is 13.9 Å². The number of ether oxygens (including phenoxy) is 1. The van der Waals surface area contributed by atoms with Crippen molar-refractivity contribution in [1.82, 2.24) is 10.2 Å². The van der Waals surface area contributed by atoms with Crippen molar-refractivity contribution in [2.45, 2.75) is 50.7 Å². The van der Waals surface area contributed by atoms with Crippen LogP contribution in [0.3, 0.4) is 0 Å². The number of carbonyl (C=O) groups is 2. The number of anilines is 1. The molecular weight excluding hydrogens is 609 g/mol. The van der Waals surface area contributed by atoms with Crippen LogP contribution in [0.15, 0.2) is 71.6 Å². The van der Waals surface area contributed by atoms with E-state index in [1.807, 2.05) is 13.8 Å². The summed E-state index contributed by atoms with van der Waals surface area (Å²) in [7, 11) is -2.76. The smallest absolute Gasteiger partial charge is 0.264 e. The van der Waals surface area contributed by atoms with Crippen LogP contribution in [0.1, 0.15) is 32.8 Å². The Labute approximate surface area is 256 Å². The summed E-state index contributed by atoms with van der Waals surface area (Å²) in [6.07, 6.45) is 0.694. The highest BCUT2D eigenvalue weighted by Gasteiger charge is 2.33. The number of carbonyl (C=O) groups excluding carboxylic acids is 2. The topological polar surface area (TPSA) is 96.0 Å². The second-order valence-electron chi connectivity index (χ2n) is 9.41. The monoisotopic (exact) mass is 639 g/mol. The van der Waals surface area contributed by atoms with Crippen LogP contribution in [0.5, 0.6) is 5.75 Å². The largest absolute Gasteiger partial charge is 0.497 e. The summed E-state index contributed by atoms with van der Waals surface area (Å²) in [5.41, 5.74) is 0.767. The molecule has 0 bridgehead atoms. The minimum atomic E-state index is -4.23. The summed E-state index contributed by atoms with van der Waals surface area (Å²) in [6, 6.07) is 15.7. The highest BCUT2D eigenvalue weighted by atomic mass is 35.5. The van der Waals surface area contributed by atoms with Crippen molar-refractivity contribution in [3.8, 4) is 5.75 Å². The summed E-state index contributed by atoms with van der Waals surface area (Å²) in [5, 5.41) is 4.01. The Hall–Kier alpha value is -2.98. The molecule has 3 rings (SSSR count). The fourth-order valence-corrected chi connectivity index (χ4v) is 5.90. The number of nitrogens with one attached hydrogen (secondary N) is 1. The Morgan fingerprint density at radius 2 is 1.54 bits per heavy atom. The minimum Gasteiger partial charge on any atom is -0.497 e. The molecule has 3 aromatic carbocycles. The van der Waals surface area contributed by atoms with Crippen LogP contribution in [0.4, 0.5) is 5.69 Å². The molecule has 41 heavy (non-hydrogen) atoms. The van der Waals surface area contributed by atoms with Gasteiger partial charge in [-0.15, -0.1) is 0 Å². The molecule has 0 spiro atoms. The van der Waals surface area contributed by atoms with Gasteiger partial charge in [0.15, 0.2) is 0 Å². The molecule has 0 heterocycles. The molecule has 0 saturated heterocycles. The van der Waals surface area contributed by atoms with Gasteiger partial charge in [0.1, 0.15) is 18.3 Å². The SMILES string of the molecule is CC[C@@H](C)NC(=O)[C@@H](C)N(Cc1ccc(Cl)cc1Cl)C(=O)CN(c1ccc(Cl)cc1)S(=O)(=O)c1ccc(OC)cc1. The van der Waals surface area contributed by atoms with Crippen molar-refractivity contribution in [1.29, 1.82) is 0 Å². The summed E-state index contributed by atoms with van der Waals surface area (Å²) in [4.78, 5) is 28.4. The number of amides is 2. The molecule has 8 nitrogen and oxygen atoms in total. The molecule has 2 amide bonds. The van der Waals surface area contributed by atoms with Gasteiger partial charge in [-0.2, -0.15) is 0 Å². The first-order valence-corrected chi connectivity index (χ1v) is 15.4. The van der Waals surface area contributed by atoms with E-state index in [0.29, 0.717) is 32.8 Å². The molecule has 2 atom stereocenters. The van der Waals surface area contributed by atoms with E-state index in [2.05, 4.69) is 5.32 Å². The third-order valence-electron chi connectivity index (χ3n) is 6.57. The van der Waals surface area contributed by atoms with Gasteiger partial charge in [0, 0.05) is 27.7 Å². The van der Waals surface area contributed by atoms with E-state index in [4.69, 9.17) is 39.5 Å². The average molecular weight is 641 g/mol. The zero-order valence-electron chi connectivity index (χ0n) is 23.1. The molecule has 0 unspecified atom stereocenters. The molecule has 0 radical (unpaired) electrons. The van der Waals surface area contributed by atoms with Gasteiger partial charge < -0.3 is 15.0 Å². The number of hydrogen-bond donors (Lipinski definition) is 1. The van der Waals surface area contributed by atoms with Crippen LogP contribution in [-0.2, 0) is 26.2 Å². The maximum absolute atomic E-state index is 14.0. The lowest BCUT2D eigenvalue weighted by Crippen LogP contribution is -2.52. The maximum atomic E-state index is 14.0. The van der Waals surface area contributed by atoms with Crippen molar-refractivity contribution < 1.29 is 22.7 Å². The Balaban J connectivity index is 2.04. The van der Waals surface area contributed by atoms with Crippen LogP contribution in [0, 0.1) is 0 Å². The third-order valence-corrected chi connectivity index (χ3v) is 9.19. The van der Waals surface area contributed by atoms with Crippen LogP contribution >= 0.6 is 34.8 Å². The van der Waals surface area contributed by atoms with E-state index in [9.17, 15) is 18.0 Å². The summed E-state index contributed by atoms with van der Waals surface area (Å²) < 4.78 is 33.9. The molecule has 220 valence electrons. The van der Waals surface area contributed by atoms with Gasteiger partial charge in [-0.05, 0) is 86.5 Å². The molecule has 0 saturated carbocycles. The normalized spacial score (nSPS) is 12.8. The number of nitrogens with zero attached hydrogens (tertiary/aromatic N) is 2. The van der Waals surface area contributed by atoms with Gasteiger partial charge in [0.2, 0.25) is 11.8 Å². The second kappa shape index (κ2) is 14.3. The number of rotatable bonds is 12. The van der Waals surface area contributed by atoms with Crippen LogP contribution in [-0.4, -0.2) is 50.9 Å². The first kappa shape index (κ1) is 32.5. The molecule has 0 fully saturated rings. The molecule has 0 aliphatic heterocycles. The molecule has 0 aromatic heterocycles. The highest BCUT2D eigenvalue weighted by Crippen LogP contribution is 2.28. The molecule has 1 N–H and O–H groups in total. The summed E-state index contributed by atoms with van der Waals surface area (Å²) in [6.45, 7) is 4.73. The zero-order valence-corrected chi connectivity index (χ0v) is 26.2. The van der Waals surface area contributed by atoms with Gasteiger partial charge in [0.25, 0.3) is 10.0 Å². The second-order valence-corrected chi connectivity index (χ2v) is 12.6. The van der Waals surface area contributed by atoms with Crippen molar-refractivity contribution in [2.75, 3.05) is 18.0 Å². The fraction of sp³-hybridized carbons (Fsp3) is 0.310. The molecule has 12 heteroatoms. The van der Waals surface area contributed by atoms with Gasteiger partial charge in [-0.25, -0.2) is 8.42 Å². The van der Waals surface area contributed by atoms with E-state index >= 15 is 0 Å². The van der Waals surface area contributed by atoms with Crippen LogP contribution < -0.4 is 14.4 Å². The van der Waals surface area contributed by atoms with E-state index in [1.165, 1.54) is 60.5 Å². The number of benzene rings is 3.